The quantitative estimate of drug-likeness (QED) is 0.718. The molecule has 1 N–H and O–H groups in total. The van der Waals surface area contributed by atoms with Crippen LogP contribution in [0.25, 0.3) is 0 Å². The lowest BCUT2D eigenvalue weighted by Crippen LogP contribution is -2.41. The number of carboxylic acid groups (broad SMARTS) is 1. The second-order valence-corrected chi connectivity index (χ2v) is 5.97. The van der Waals surface area contributed by atoms with Gasteiger partial charge in [0.1, 0.15) is 0 Å². The topological polar surface area (TPSA) is 37.3 Å². The number of rotatable bonds is 1. The van der Waals surface area contributed by atoms with Gasteiger partial charge in [0.2, 0.25) is 0 Å². The van der Waals surface area contributed by atoms with Crippen LogP contribution in [0.2, 0.25) is 0 Å². The van der Waals surface area contributed by atoms with E-state index >= 15 is 0 Å². The molecule has 2 nitrogen and oxygen atoms in total. The van der Waals surface area contributed by atoms with Crippen LogP contribution in [0.1, 0.15) is 46.5 Å². The van der Waals surface area contributed by atoms with E-state index in [1.165, 1.54) is 6.42 Å². The summed E-state index contributed by atoms with van der Waals surface area (Å²) in [5.74, 6) is -0.192. The van der Waals surface area contributed by atoms with Crippen LogP contribution in [-0.4, -0.2) is 11.1 Å². The zero-order chi connectivity index (χ0) is 11.3. The largest absolute Gasteiger partial charge is 0.478 e. The lowest BCUT2D eigenvalue weighted by atomic mass is 9.56. The van der Waals surface area contributed by atoms with Crippen molar-refractivity contribution >= 4 is 5.97 Å². The predicted octanol–water partition coefficient (Wildman–Crippen LogP) is 3.23. The highest BCUT2D eigenvalue weighted by Gasteiger charge is 2.52. The fraction of sp³-hybridized carbons (Fsp3) is 0.769. The van der Waals surface area contributed by atoms with Crippen molar-refractivity contribution in [2.45, 2.75) is 46.5 Å². The van der Waals surface area contributed by atoms with Crippen LogP contribution >= 0.6 is 0 Å². The number of fused-ring (bicyclic) bond motifs is 1. The molecule has 2 aliphatic carbocycles. The van der Waals surface area contributed by atoms with Crippen LogP contribution < -0.4 is 0 Å². The zero-order valence-electron chi connectivity index (χ0n) is 9.84. The summed E-state index contributed by atoms with van der Waals surface area (Å²) in [6.07, 6.45) is 6.34. The zero-order valence-corrected chi connectivity index (χ0v) is 9.84. The summed E-state index contributed by atoms with van der Waals surface area (Å²) in [6.45, 7) is 6.72. The van der Waals surface area contributed by atoms with Crippen LogP contribution in [-0.2, 0) is 4.79 Å². The van der Waals surface area contributed by atoms with Gasteiger partial charge in [0.15, 0.2) is 0 Å². The maximum Gasteiger partial charge on any atom is 0.331 e. The summed E-state index contributed by atoms with van der Waals surface area (Å²) in [7, 11) is 0. The van der Waals surface area contributed by atoms with E-state index < -0.39 is 5.97 Å². The van der Waals surface area contributed by atoms with Crippen LogP contribution in [0.4, 0.5) is 0 Å². The minimum absolute atomic E-state index is 0.0758. The number of carboxylic acids is 1. The van der Waals surface area contributed by atoms with Crippen molar-refractivity contribution in [1.29, 1.82) is 0 Å². The van der Waals surface area contributed by atoms with E-state index in [0.717, 1.165) is 19.3 Å². The standard InChI is InChI=1S/C13H20O2/c1-12(2)7-4-8-13(3)9(11(14)15)5-6-10(12)13/h5,10H,4,6-8H2,1-3H3,(H,14,15)/t10-,13-/m0/s1. The van der Waals surface area contributed by atoms with E-state index in [1.54, 1.807) is 0 Å². The van der Waals surface area contributed by atoms with Crippen molar-refractivity contribution in [3.05, 3.63) is 11.6 Å². The van der Waals surface area contributed by atoms with Crippen molar-refractivity contribution in [3.8, 4) is 0 Å². The molecule has 0 spiro atoms. The van der Waals surface area contributed by atoms with E-state index in [2.05, 4.69) is 20.8 Å². The van der Waals surface area contributed by atoms with Crippen molar-refractivity contribution in [2.24, 2.45) is 16.7 Å². The smallest absolute Gasteiger partial charge is 0.331 e. The summed E-state index contributed by atoms with van der Waals surface area (Å²) < 4.78 is 0. The first kappa shape index (κ1) is 10.7. The molecule has 2 heteroatoms. The molecule has 0 amide bonds. The highest BCUT2D eigenvalue weighted by Crippen LogP contribution is 2.59. The Balaban J connectivity index is 2.36. The van der Waals surface area contributed by atoms with E-state index in [4.69, 9.17) is 0 Å². The molecule has 0 aromatic rings. The second kappa shape index (κ2) is 3.10. The molecule has 0 bridgehead atoms. The lowest BCUT2D eigenvalue weighted by molar-refractivity contribution is -0.134. The van der Waals surface area contributed by atoms with Crippen molar-refractivity contribution < 1.29 is 9.90 Å². The predicted molar refractivity (Wildman–Crippen MR) is 59.6 cm³/mol. The molecule has 15 heavy (non-hydrogen) atoms. The SMILES string of the molecule is CC1(C)CCC[C@@]2(C)C(C(=O)O)=CC[C@@H]12. The second-order valence-electron chi connectivity index (χ2n) is 5.97. The number of aliphatic carboxylic acids is 1. The summed E-state index contributed by atoms with van der Waals surface area (Å²) in [4.78, 5) is 11.2. The average molecular weight is 208 g/mol. The summed E-state index contributed by atoms with van der Waals surface area (Å²) >= 11 is 0. The van der Waals surface area contributed by atoms with Gasteiger partial charge < -0.3 is 5.11 Å². The third-order valence-electron chi connectivity index (χ3n) is 4.63. The molecular formula is C13H20O2. The molecule has 2 rings (SSSR count). The Bertz CT molecular complexity index is 327. The molecule has 0 saturated heterocycles. The minimum atomic E-state index is -0.710. The van der Waals surface area contributed by atoms with Crippen LogP contribution in [0.3, 0.4) is 0 Å². The lowest BCUT2D eigenvalue weighted by Gasteiger charge is -2.48. The van der Waals surface area contributed by atoms with Crippen LogP contribution in [0, 0.1) is 16.7 Å². The molecular weight excluding hydrogens is 188 g/mol. The van der Waals surface area contributed by atoms with Crippen molar-refractivity contribution in [1.82, 2.24) is 0 Å². The summed E-state index contributed by atoms with van der Waals surface area (Å²) in [6, 6.07) is 0. The molecule has 0 aromatic carbocycles. The van der Waals surface area contributed by atoms with Gasteiger partial charge in [0.25, 0.3) is 0 Å². The van der Waals surface area contributed by atoms with Gasteiger partial charge >= 0.3 is 5.97 Å². The van der Waals surface area contributed by atoms with Crippen LogP contribution in [0.5, 0.6) is 0 Å². The van der Waals surface area contributed by atoms with E-state index in [0.29, 0.717) is 16.9 Å². The summed E-state index contributed by atoms with van der Waals surface area (Å²) in [5, 5.41) is 9.22. The Kier molecular flexibility index (Phi) is 2.21. The van der Waals surface area contributed by atoms with Gasteiger partial charge in [0.05, 0.1) is 0 Å². The van der Waals surface area contributed by atoms with Gasteiger partial charge in [-0.2, -0.15) is 0 Å². The van der Waals surface area contributed by atoms with Gasteiger partial charge in [-0.15, -0.1) is 0 Å². The van der Waals surface area contributed by atoms with E-state index in [9.17, 15) is 9.90 Å². The first-order chi connectivity index (χ1) is 6.88. The van der Waals surface area contributed by atoms with E-state index in [-0.39, 0.29) is 5.41 Å². The van der Waals surface area contributed by atoms with Gasteiger partial charge in [-0.3, -0.25) is 0 Å². The molecule has 0 aliphatic heterocycles. The first-order valence-corrected chi connectivity index (χ1v) is 5.82. The molecule has 2 aliphatic rings. The fourth-order valence-corrected chi connectivity index (χ4v) is 3.82. The average Bonchev–Trinajstić information content (AvgIpc) is 2.42. The molecule has 0 aromatic heterocycles. The Morgan fingerprint density at radius 3 is 2.67 bits per heavy atom. The molecule has 0 heterocycles. The molecule has 1 fully saturated rings. The van der Waals surface area contributed by atoms with Gasteiger partial charge in [-0.25, -0.2) is 4.79 Å². The number of hydrogen-bond acceptors (Lipinski definition) is 1. The van der Waals surface area contributed by atoms with Crippen LogP contribution in [0.15, 0.2) is 11.6 Å². The molecule has 1 saturated carbocycles. The van der Waals surface area contributed by atoms with Gasteiger partial charge in [0, 0.05) is 11.0 Å². The Morgan fingerprint density at radius 2 is 2.07 bits per heavy atom. The number of hydrogen-bond donors (Lipinski definition) is 1. The Labute approximate surface area is 91.4 Å². The monoisotopic (exact) mass is 208 g/mol. The maximum absolute atomic E-state index is 11.2. The first-order valence-electron chi connectivity index (χ1n) is 5.82. The van der Waals surface area contributed by atoms with Gasteiger partial charge in [-0.1, -0.05) is 33.3 Å². The summed E-state index contributed by atoms with van der Waals surface area (Å²) in [5.41, 5.74) is 0.883. The third-order valence-corrected chi connectivity index (χ3v) is 4.63. The highest BCUT2D eigenvalue weighted by molar-refractivity contribution is 5.89. The minimum Gasteiger partial charge on any atom is -0.478 e. The molecule has 0 unspecified atom stereocenters. The third kappa shape index (κ3) is 1.42. The highest BCUT2D eigenvalue weighted by atomic mass is 16.4. The molecule has 0 radical (unpaired) electrons. The molecule has 84 valence electrons. The number of allylic oxidation sites excluding steroid dienone is 1. The van der Waals surface area contributed by atoms with Crippen molar-refractivity contribution in [3.63, 3.8) is 0 Å². The fourth-order valence-electron chi connectivity index (χ4n) is 3.82. The van der Waals surface area contributed by atoms with Crippen molar-refractivity contribution in [2.75, 3.05) is 0 Å². The maximum atomic E-state index is 11.2. The Morgan fingerprint density at radius 1 is 1.40 bits per heavy atom. The Hall–Kier alpha value is -0.790. The molecule has 2 atom stereocenters. The normalized spacial score (nSPS) is 38.3. The van der Waals surface area contributed by atoms with E-state index in [1.807, 2.05) is 6.08 Å². The number of carbonyl (C=O) groups is 1. The van der Waals surface area contributed by atoms with Gasteiger partial charge in [-0.05, 0) is 30.6 Å².